The van der Waals surface area contributed by atoms with Gasteiger partial charge in [-0.2, -0.15) is 0 Å². The van der Waals surface area contributed by atoms with Gasteiger partial charge in [-0.15, -0.1) is 5.10 Å². The Morgan fingerprint density at radius 2 is 2.38 bits per heavy atom. The molecule has 0 spiro atoms. The number of carbonyl (C=O) groups is 1. The molecular formula is C17H21ClN4O2. The Morgan fingerprint density at radius 1 is 1.50 bits per heavy atom. The molecule has 2 aromatic rings. The fraction of sp³-hybridized carbons (Fsp3) is 0.471. The van der Waals surface area contributed by atoms with Gasteiger partial charge in [-0.1, -0.05) is 28.9 Å². The molecule has 128 valence electrons. The highest BCUT2D eigenvalue weighted by Gasteiger charge is 2.24. The van der Waals surface area contributed by atoms with Crippen LogP contribution in [0.2, 0.25) is 5.02 Å². The van der Waals surface area contributed by atoms with E-state index in [1.165, 1.54) is 0 Å². The van der Waals surface area contributed by atoms with Crippen molar-refractivity contribution in [1.82, 2.24) is 19.9 Å². The minimum absolute atomic E-state index is 0.106. The predicted molar refractivity (Wildman–Crippen MR) is 91.1 cm³/mol. The van der Waals surface area contributed by atoms with Crippen LogP contribution in [-0.4, -0.2) is 51.6 Å². The van der Waals surface area contributed by atoms with Crippen LogP contribution in [-0.2, 0) is 11.3 Å². The molecule has 0 saturated carbocycles. The third-order valence-electron chi connectivity index (χ3n) is 4.11. The maximum Gasteiger partial charge on any atom is 0.276 e. The first-order valence-electron chi connectivity index (χ1n) is 8.21. The van der Waals surface area contributed by atoms with E-state index in [0.29, 0.717) is 30.4 Å². The van der Waals surface area contributed by atoms with Gasteiger partial charge in [0.25, 0.3) is 5.91 Å². The molecule has 1 aromatic carbocycles. The van der Waals surface area contributed by atoms with Crippen LogP contribution in [0.3, 0.4) is 0 Å². The highest BCUT2D eigenvalue weighted by atomic mass is 35.5. The number of carbonyl (C=O) groups excluding carboxylic acids is 1. The van der Waals surface area contributed by atoms with Crippen molar-refractivity contribution in [2.75, 3.05) is 19.7 Å². The summed E-state index contributed by atoms with van der Waals surface area (Å²) in [5.74, 6) is -0.106. The Labute approximate surface area is 146 Å². The monoisotopic (exact) mass is 348 g/mol. The summed E-state index contributed by atoms with van der Waals surface area (Å²) in [4.78, 5) is 14.4. The van der Waals surface area contributed by atoms with Gasteiger partial charge in [-0.3, -0.25) is 4.79 Å². The number of halogens is 1. The quantitative estimate of drug-likeness (QED) is 0.805. The van der Waals surface area contributed by atoms with Crippen LogP contribution < -0.4 is 0 Å². The second-order valence-corrected chi connectivity index (χ2v) is 6.35. The molecule has 0 N–H and O–H groups in total. The zero-order valence-electron chi connectivity index (χ0n) is 13.7. The molecule has 1 aromatic heterocycles. The predicted octanol–water partition coefficient (Wildman–Crippen LogP) is 2.62. The lowest BCUT2D eigenvalue weighted by Crippen LogP contribution is -2.37. The number of hydrogen-bond donors (Lipinski definition) is 0. The summed E-state index contributed by atoms with van der Waals surface area (Å²) < 4.78 is 7.27. The summed E-state index contributed by atoms with van der Waals surface area (Å²) in [5, 5.41) is 8.76. The fourth-order valence-corrected chi connectivity index (χ4v) is 3.06. The molecule has 0 aliphatic carbocycles. The van der Waals surface area contributed by atoms with Crippen LogP contribution in [0.5, 0.6) is 0 Å². The zero-order valence-corrected chi connectivity index (χ0v) is 14.4. The molecule has 24 heavy (non-hydrogen) atoms. The number of aromatic nitrogens is 3. The van der Waals surface area contributed by atoms with Crippen LogP contribution in [0, 0.1) is 0 Å². The van der Waals surface area contributed by atoms with Gasteiger partial charge in [0.15, 0.2) is 5.69 Å². The van der Waals surface area contributed by atoms with Crippen LogP contribution in [0.4, 0.5) is 0 Å². The van der Waals surface area contributed by atoms with Crippen LogP contribution in [0.25, 0.3) is 0 Å². The van der Waals surface area contributed by atoms with Crippen LogP contribution in [0.1, 0.15) is 35.8 Å². The van der Waals surface area contributed by atoms with Crippen molar-refractivity contribution in [2.45, 2.75) is 32.4 Å². The zero-order chi connectivity index (χ0) is 16.9. The van der Waals surface area contributed by atoms with E-state index in [1.54, 1.807) is 15.8 Å². The number of benzene rings is 1. The first-order chi connectivity index (χ1) is 11.7. The largest absolute Gasteiger partial charge is 0.376 e. The topological polar surface area (TPSA) is 60.2 Å². The standard InChI is InChI=1S/C17H21ClN4O2/c1-2-21(11-15-7-4-8-24-15)17(23)16-12-22(20-19-16)10-13-5-3-6-14(18)9-13/h3,5-6,9,12,15H,2,4,7-8,10-11H2,1H3. The molecule has 1 amide bonds. The molecule has 1 saturated heterocycles. The summed E-state index contributed by atoms with van der Waals surface area (Å²) in [6, 6.07) is 7.55. The van der Waals surface area contributed by atoms with E-state index in [4.69, 9.17) is 16.3 Å². The van der Waals surface area contributed by atoms with Gasteiger partial charge in [-0.05, 0) is 37.5 Å². The molecule has 6 nitrogen and oxygen atoms in total. The number of likely N-dealkylation sites (N-methyl/N-ethyl adjacent to an activating group) is 1. The highest BCUT2D eigenvalue weighted by molar-refractivity contribution is 6.30. The van der Waals surface area contributed by atoms with E-state index < -0.39 is 0 Å². The van der Waals surface area contributed by atoms with Crippen molar-refractivity contribution in [3.8, 4) is 0 Å². The van der Waals surface area contributed by atoms with E-state index in [2.05, 4.69) is 10.3 Å². The Kier molecular flexibility index (Phi) is 5.48. The lowest BCUT2D eigenvalue weighted by Gasteiger charge is -2.22. The van der Waals surface area contributed by atoms with Crippen molar-refractivity contribution in [3.63, 3.8) is 0 Å². The molecule has 1 unspecified atom stereocenters. The van der Waals surface area contributed by atoms with Gasteiger partial charge in [0.2, 0.25) is 0 Å². The number of amides is 1. The summed E-state index contributed by atoms with van der Waals surface area (Å²) >= 11 is 5.99. The van der Waals surface area contributed by atoms with Crippen molar-refractivity contribution in [3.05, 3.63) is 46.7 Å². The van der Waals surface area contributed by atoms with Gasteiger partial charge in [0.1, 0.15) is 0 Å². The Morgan fingerprint density at radius 3 is 3.08 bits per heavy atom. The van der Waals surface area contributed by atoms with Gasteiger partial charge in [0.05, 0.1) is 18.8 Å². The van der Waals surface area contributed by atoms with Crippen LogP contribution >= 0.6 is 11.6 Å². The van der Waals surface area contributed by atoms with Gasteiger partial charge in [0, 0.05) is 24.7 Å². The minimum Gasteiger partial charge on any atom is -0.376 e. The van der Waals surface area contributed by atoms with E-state index in [1.807, 2.05) is 31.2 Å². The van der Waals surface area contributed by atoms with E-state index in [0.717, 1.165) is 25.0 Å². The van der Waals surface area contributed by atoms with Crippen molar-refractivity contribution in [2.24, 2.45) is 0 Å². The number of ether oxygens (including phenoxy) is 1. The first kappa shape index (κ1) is 16.9. The average molecular weight is 349 g/mol. The van der Waals surface area contributed by atoms with Gasteiger partial charge in [-0.25, -0.2) is 4.68 Å². The van der Waals surface area contributed by atoms with Gasteiger partial charge >= 0.3 is 0 Å². The summed E-state index contributed by atoms with van der Waals surface area (Å²) in [7, 11) is 0. The number of nitrogens with zero attached hydrogens (tertiary/aromatic N) is 4. The smallest absolute Gasteiger partial charge is 0.276 e. The molecule has 2 heterocycles. The molecule has 3 rings (SSSR count). The van der Waals surface area contributed by atoms with Crippen LogP contribution in [0.15, 0.2) is 30.5 Å². The molecule has 1 aliphatic heterocycles. The average Bonchev–Trinajstić information content (AvgIpc) is 3.24. The van der Waals surface area contributed by atoms with E-state index in [9.17, 15) is 4.79 Å². The summed E-state index contributed by atoms with van der Waals surface area (Å²) in [6.45, 7) is 4.50. The van der Waals surface area contributed by atoms with Crippen molar-refractivity contribution >= 4 is 17.5 Å². The third-order valence-corrected chi connectivity index (χ3v) is 4.34. The molecule has 1 aliphatic rings. The SMILES string of the molecule is CCN(CC1CCCO1)C(=O)c1cn(Cc2cccc(Cl)c2)nn1. The lowest BCUT2D eigenvalue weighted by molar-refractivity contribution is 0.0534. The Hall–Kier alpha value is -1.92. The number of rotatable bonds is 6. The molecule has 1 atom stereocenters. The Balaban J connectivity index is 1.65. The van der Waals surface area contributed by atoms with Crippen molar-refractivity contribution < 1.29 is 9.53 Å². The second-order valence-electron chi connectivity index (χ2n) is 5.91. The molecule has 0 bridgehead atoms. The number of hydrogen-bond acceptors (Lipinski definition) is 4. The maximum absolute atomic E-state index is 12.6. The molecule has 1 fully saturated rings. The molecular weight excluding hydrogens is 328 g/mol. The molecule has 7 heteroatoms. The first-order valence-corrected chi connectivity index (χ1v) is 8.59. The minimum atomic E-state index is -0.106. The normalized spacial score (nSPS) is 17.2. The summed E-state index contributed by atoms with van der Waals surface area (Å²) in [6.07, 6.45) is 3.88. The highest BCUT2D eigenvalue weighted by Crippen LogP contribution is 2.15. The van der Waals surface area contributed by atoms with Gasteiger partial charge < -0.3 is 9.64 Å². The van der Waals surface area contributed by atoms with E-state index in [-0.39, 0.29) is 12.0 Å². The van der Waals surface area contributed by atoms with E-state index >= 15 is 0 Å². The molecule has 0 radical (unpaired) electrons. The fourth-order valence-electron chi connectivity index (χ4n) is 2.85. The third kappa shape index (κ3) is 4.13. The lowest BCUT2D eigenvalue weighted by atomic mass is 10.2. The maximum atomic E-state index is 12.6. The second kappa shape index (κ2) is 7.77. The summed E-state index contributed by atoms with van der Waals surface area (Å²) in [5.41, 5.74) is 1.37. The Bertz CT molecular complexity index is 697. The van der Waals surface area contributed by atoms with Crippen molar-refractivity contribution in [1.29, 1.82) is 0 Å².